The van der Waals surface area contributed by atoms with Crippen molar-refractivity contribution in [1.29, 1.82) is 0 Å². The maximum absolute atomic E-state index is 10.9. The summed E-state index contributed by atoms with van der Waals surface area (Å²) in [7, 11) is 0. The highest BCUT2D eigenvalue weighted by molar-refractivity contribution is 5.72. The van der Waals surface area contributed by atoms with Gasteiger partial charge in [-0.05, 0) is 12.0 Å². The standard InChI is InChI=1S/C11H14N2O2/c1-9(14)12-7-6-10-4-3-5-11(8-10)13(2)15/h3-5,8H,2,6-7H2,1H3,(H,12,14). The number of carbonyl (C=O) groups is 1. The van der Waals surface area contributed by atoms with Crippen LogP contribution in [0, 0.1) is 5.21 Å². The third-order valence-electron chi connectivity index (χ3n) is 1.99. The summed E-state index contributed by atoms with van der Waals surface area (Å²) in [5, 5.41) is 13.6. The predicted octanol–water partition coefficient (Wildman–Crippen LogP) is 1.21. The summed E-state index contributed by atoms with van der Waals surface area (Å²) in [6, 6.07) is 7.17. The molecule has 1 aromatic rings. The van der Waals surface area contributed by atoms with Gasteiger partial charge in [0, 0.05) is 25.6 Å². The van der Waals surface area contributed by atoms with Gasteiger partial charge in [-0.3, -0.25) is 4.79 Å². The fraction of sp³-hybridized carbons (Fsp3) is 0.273. The highest BCUT2D eigenvalue weighted by atomic mass is 16.5. The van der Waals surface area contributed by atoms with Crippen LogP contribution in [0.4, 0.5) is 5.69 Å². The Morgan fingerprint density at radius 3 is 2.93 bits per heavy atom. The fourth-order valence-corrected chi connectivity index (χ4v) is 1.25. The average molecular weight is 206 g/mol. The van der Waals surface area contributed by atoms with E-state index in [-0.39, 0.29) is 5.91 Å². The van der Waals surface area contributed by atoms with Gasteiger partial charge >= 0.3 is 0 Å². The maximum Gasteiger partial charge on any atom is 0.216 e. The van der Waals surface area contributed by atoms with Gasteiger partial charge < -0.3 is 10.5 Å². The number of hydrogen-bond donors (Lipinski definition) is 1. The molecule has 0 unspecified atom stereocenters. The lowest BCUT2D eigenvalue weighted by Gasteiger charge is -2.04. The van der Waals surface area contributed by atoms with E-state index in [1.807, 2.05) is 6.07 Å². The van der Waals surface area contributed by atoms with Gasteiger partial charge in [0.05, 0.1) is 0 Å². The number of rotatable bonds is 4. The summed E-state index contributed by atoms with van der Waals surface area (Å²) >= 11 is 0. The van der Waals surface area contributed by atoms with Crippen molar-refractivity contribution in [2.75, 3.05) is 6.54 Å². The highest BCUT2D eigenvalue weighted by Crippen LogP contribution is 2.12. The first-order valence-electron chi connectivity index (χ1n) is 4.71. The summed E-state index contributed by atoms with van der Waals surface area (Å²) in [5.74, 6) is -0.0474. The minimum Gasteiger partial charge on any atom is -0.619 e. The molecule has 4 nitrogen and oxygen atoms in total. The SMILES string of the molecule is C=[N+]([O-])c1cccc(CCNC(C)=O)c1. The van der Waals surface area contributed by atoms with E-state index in [9.17, 15) is 10.0 Å². The molecular formula is C11H14N2O2. The molecule has 1 aromatic carbocycles. The van der Waals surface area contributed by atoms with Gasteiger partial charge in [0.2, 0.25) is 11.6 Å². The van der Waals surface area contributed by atoms with Crippen molar-refractivity contribution in [3.63, 3.8) is 0 Å². The quantitative estimate of drug-likeness (QED) is 0.348. The molecule has 80 valence electrons. The van der Waals surface area contributed by atoms with Gasteiger partial charge in [0.1, 0.15) is 6.72 Å². The molecule has 0 heterocycles. The number of carbonyl (C=O) groups excluding carboxylic acids is 1. The molecule has 4 heteroatoms. The van der Waals surface area contributed by atoms with Gasteiger partial charge in [-0.2, -0.15) is 4.74 Å². The number of nitrogens with one attached hydrogen (secondary N) is 1. The Morgan fingerprint density at radius 1 is 1.60 bits per heavy atom. The Morgan fingerprint density at radius 2 is 2.33 bits per heavy atom. The maximum atomic E-state index is 10.9. The van der Waals surface area contributed by atoms with E-state index in [1.54, 1.807) is 18.2 Å². The van der Waals surface area contributed by atoms with Gasteiger partial charge in [-0.25, -0.2) is 0 Å². The molecule has 0 aliphatic carbocycles. The Labute approximate surface area is 88.8 Å². The molecule has 1 amide bonds. The van der Waals surface area contributed by atoms with Gasteiger partial charge in [0.15, 0.2) is 0 Å². The second kappa shape index (κ2) is 5.14. The zero-order valence-corrected chi connectivity index (χ0v) is 8.69. The fourth-order valence-electron chi connectivity index (χ4n) is 1.25. The van der Waals surface area contributed by atoms with Crippen LogP contribution in [0.25, 0.3) is 0 Å². The summed E-state index contributed by atoms with van der Waals surface area (Å²) in [6.45, 7) is 5.32. The summed E-state index contributed by atoms with van der Waals surface area (Å²) < 4.78 is 0.571. The first-order chi connectivity index (χ1) is 7.09. The molecule has 0 radical (unpaired) electrons. The van der Waals surface area contributed by atoms with E-state index in [4.69, 9.17) is 0 Å². The molecule has 1 rings (SSSR count). The molecule has 0 aromatic heterocycles. The van der Waals surface area contributed by atoms with E-state index in [1.165, 1.54) is 6.92 Å². The second-order valence-electron chi connectivity index (χ2n) is 3.28. The van der Waals surface area contributed by atoms with E-state index in [0.29, 0.717) is 23.4 Å². The largest absolute Gasteiger partial charge is 0.619 e. The van der Waals surface area contributed by atoms with E-state index < -0.39 is 0 Å². The number of nitrogens with zero attached hydrogens (tertiary/aromatic N) is 1. The minimum absolute atomic E-state index is 0.0474. The molecule has 0 aliphatic heterocycles. The Hall–Kier alpha value is -1.84. The van der Waals surface area contributed by atoms with Crippen LogP contribution < -0.4 is 5.32 Å². The van der Waals surface area contributed by atoms with Crippen LogP contribution >= 0.6 is 0 Å². The number of amides is 1. The lowest BCUT2D eigenvalue weighted by molar-refractivity contribution is -0.349. The Balaban J connectivity index is 2.58. The molecule has 0 saturated carbocycles. The van der Waals surface area contributed by atoms with Crippen molar-refractivity contribution in [2.45, 2.75) is 13.3 Å². The van der Waals surface area contributed by atoms with Crippen LogP contribution in [0.2, 0.25) is 0 Å². The molecule has 0 bridgehead atoms. The normalized spacial score (nSPS) is 9.67. The average Bonchev–Trinajstić information content (AvgIpc) is 2.17. The van der Waals surface area contributed by atoms with Gasteiger partial charge in [-0.15, -0.1) is 0 Å². The van der Waals surface area contributed by atoms with Gasteiger partial charge in [0.25, 0.3) is 0 Å². The van der Waals surface area contributed by atoms with Gasteiger partial charge in [-0.1, -0.05) is 12.1 Å². The van der Waals surface area contributed by atoms with Crippen LogP contribution in [0.15, 0.2) is 24.3 Å². The lowest BCUT2D eigenvalue weighted by atomic mass is 10.1. The van der Waals surface area contributed by atoms with Crippen LogP contribution in [0.1, 0.15) is 12.5 Å². The highest BCUT2D eigenvalue weighted by Gasteiger charge is 2.00. The first-order valence-corrected chi connectivity index (χ1v) is 4.71. The van der Waals surface area contributed by atoms with Crippen LogP contribution in [-0.4, -0.2) is 23.9 Å². The van der Waals surface area contributed by atoms with Crippen LogP contribution in [-0.2, 0) is 11.2 Å². The summed E-state index contributed by atoms with van der Waals surface area (Å²) in [6.07, 6.45) is 0.710. The van der Waals surface area contributed by atoms with Crippen molar-refractivity contribution in [2.24, 2.45) is 0 Å². The van der Waals surface area contributed by atoms with E-state index in [2.05, 4.69) is 12.0 Å². The van der Waals surface area contributed by atoms with Crippen LogP contribution in [0.3, 0.4) is 0 Å². The Bertz CT molecular complexity index is 375. The summed E-state index contributed by atoms with van der Waals surface area (Å²) in [4.78, 5) is 10.6. The molecule has 0 spiro atoms. The molecular weight excluding hydrogens is 192 g/mol. The first kappa shape index (κ1) is 11.2. The molecule has 1 N–H and O–H groups in total. The Kier molecular flexibility index (Phi) is 3.85. The predicted molar refractivity (Wildman–Crippen MR) is 59.2 cm³/mol. The zero-order chi connectivity index (χ0) is 11.3. The molecule has 0 aliphatic rings. The molecule has 0 fully saturated rings. The summed E-state index contributed by atoms with van der Waals surface area (Å²) in [5.41, 5.74) is 1.53. The third kappa shape index (κ3) is 3.81. The second-order valence-corrected chi connectivity index (χ2v) is 3.28. The molecule has 0 saturated heterocycles. The number of hydrogen-bond acceptors (Lipinski definition) is 2. The lowest BCUT2D eigenvalue weighted by Crippen LogP contribution is -2.22. The van der Waals surface area contributed by atoms with Crippen molar-refractivity contribution in [1.82, 2.24) is 5.32 Å². The van der Waals surface area contributed by atoms with E-state index in [0.717, 1.165) is 5.56 Å². The van der Waals surface area contributed by atoms with E-state index >= 15 is 0 Å². The van der Waals surface area contributed by atoms with Crippen molar-refractivity contribution < 1.29 is 9.53 Å². The molecule has 15 heavy (non-hydrogen) atoms. The smallest absolute Gasteiger partial charge is 0.216 e. The monoisotopic (exact) mass is 206 g/mol. The van der Waals surface area contributed by atoms with Crippen LogP contribution in [0.5, 0.6) is 0 Å². The van der Waals surface area contributed by atoms with Crippen molar-refractivity contribution in [3.05, 3.63) is 35.0 Å². The third-order valence-corrected chi connectivity index (χ3v) is 1.99. The van der Waals surface area contributed by atoms with Crippen molar-refractivity contribution >= 4 is 18.3 Å². The molecule has 0 atom stereocenters. The van der Waals surface area contributed by atoms with Crippen molar-refractivity contribution in [3.8, 4) is 0 Å². The zero-order valence-electron chi connectivity index (χ0n) is 8.69. The minimum atomic E-state index is -0.0474. The number of benzene rings is 1. The topological polar surface area (TPSA) is 55.2 Å².